The summed E-state index contributed by atoms with van der Waals surface area (Å²) in [5.41, 5.74) is 7.60. The van der Waals surface area contributed by atoms with Crippen molar-refractivity contribution < 1.29 is 19.0 Å². The standard InChI is InChI=1S/C16H16FNO3/c1-8-6-9(2)10(3)13(7-8)21-12-5-4-11(17)15(18)14(12)16(19)20/h4-7H,18H2,1-3H3,(H,19,20). The van der Waals surface area contributed by atoms with E-state index in [-0.39, 0.29) is 11.3 Å². The number of carboxylic acids is 1. The maximum atomic E-state index is 13.4. The molecule has 2 aromatic rings. The number of nitrogens with two attached hydrogens (primary N) is 1. The Kier molecular flexibility index (Phi) is 3.84. The number of hydrogen-bond donors (Lipinski definition) is 2. The van der Waals surface area contributed by atoms with Crippen LogP contribution in [-0.4, -0.2) is 11.1 Å². The molecule has 0 amide bonds. The zero-order valence-electron chi connectivity index (χ0n) is 12.0. The highest BCUT2D eigenvalue weighted by Gasteiger charge is 2.20. The quantitative estimate of drug-likeness (QED) is 0.842. The van der Waals surface area contributed by atoms with Crippen LogP contribution in [0.25, 0.3) is 0 Å². The fourth-order valence-electron chi connectivity index (χ4n) is 2.11. The molecule has 110 valence electrons. The second-order valence-corrected chi connectivity index (χ2v) is 4.95. The van der Waals surface area contributed by atoms with Crippen LogP contribution >= 0.6 is 0 Å². The van der Waals surface area contributed by atoms with Gasteiger partial charge >= 0.3 is 5.97 Å². The van der Waals surface area contributed by atoms with Crippen LogP contribution in [0.2, 0.25) is 0 Å². The summed E-state index contributed by atoms with van der Waals surface area (Å²) in [5, 5.41) is 9.20. The van der Waals surface area contributed by atoms with Gasteiger partial charge in [-0.3, -0.25) is 0 Å². The van der Waals surface area contributed by atoms with Gasteiger partial charge in [-0.25, -0.2) is 9.18 Å². The van der Waals surface area contributed by atoms with Crippen LogP contribution in [0.3, 0.4) is 0 Å². The summed E-state index contributed by atoms with van der Waals surface area (Å²) in [7, 11) is 0. The molecule has 0 fully saturated rings. The van der Waals surface area contributed by atoms with E-state index < -0.39 is 17.5 Å². The van der Waals surface area contributed by atoms with Crippen LogP contribution in [0.4, 0.5) is 10.1 Å². The normalized spacial score (nSPS) is 10.5. The Balaban J connectivity index is 2.55. The van der Waals surface area contributed by atoms with Gasteiger partial charge in [0.15, 0.2) is 0 Å². The Morgan fingerprint density at radius 1 is 1.19 bits per heavy atom. The Labute approximate surface area is 122 Å². The van der Waals surface area contributed by atoms with Crippen molar-refractivity contribution in [2.45, 2.75) is 20.8 Å². The number of aryl methyl sites for hydroxylation is 2. The van der Waals surface area contributed by atoms with E-state index >= 15 is 0 Å². The molecule has 3 N–H and O–H groups in total. The number of benzene rings is 2. The number of nitrogen functional groups attached to an aromatic ring is 1. The lowest BCUT2D eigenvalue weighted by molar-refractivity contribution is 0.0695. The fourth-order valence-corrected chi connectivity index (χ4v) is 2.11. The van der Waals surface area contributed by atoms with E-state index in [9.17, 15) is 14.3 Å². The molecule has 21 heavy (non-hydrogen) atoms. The lowest BCUT2D eigenvalue weighted by Crippen LogP contribution is -2.07. The van der Waals surface area contributed by atoms with Gasteiger partial charge in [-0.1, -0.05) is 6.07 Å². The zero-order chi connectivity index (χ0) is 15.7. The molecule has 5 heteroatoms. The Bertz CT molecular complexity index is 726. The summed E-state index contributed by atoms with van der Waals surface area (Å²) in [6.07, 6.45) is 0. The van der Waals surface area contributed by atoms with E-state index in [1.54, 1.807) is 6.07 Å². The van der Waals surface area contributed by atoms with E-state index in [0.29, 0.717) is 5.75 Å². The largest absolute Gasteiger partial charge is 0.477 e. The van der Waals surface area contributed by atoms with Gasteiger partial charge in [0.05, 0.1) is 5.69 Å². The summed E-state index contributed by atoms with van der Waals surface area (Å²) in [4.78, 5) is 11.3. The Hall–Kier alpha value is -2.56. The van der Waals surface area contributed by atoms with E-state index in [1.165, 1.54) is 6.07 Å². The highest BCUT2D eigenvalue weighted by Crippen LogP contribution is 2.33. The molecule has 0 aliphatic rings. The number of ether oxygens (including phenoxy) is 1. The summed E-state index contributed by atoms with van der Waals surface area (Å²) < 4.78 is 19.1. The smallest absolute Gasteiger partial charge is 0.341 e. The highest BCUT2D eigenvalue weighted by atomic mass is 19.1. The minimum Gasteiger partial charge on any atom is -0.477 e. The van der Waals surface area contributed by atoms with Gasteiger partial charge < -0.3 is 15.6 Å². The third-order valence-corrected chi connectivity index (χ3v) is 3.35. The number of rotatable bonds is 3. The molecule has 0 saturated heterocycles. The molecule has 0 atom stereocenters. The summed E-state index contributed by atoms with van der Waals surface area (Å²) >= 11 is 0. The summed E-state index contributed by atoms with van der Waals surface area (Å²) in [5.74, 6) is -1.56. The Morgan fingerprint density at radius 2 is 1.86 bits per heavy atom. The third-order valence-electron chi connectivity index (χ3n) is 3.35. The number of halogens is 1. The van der Waals surface area contributed by atoms with Gasteiger partial charge in [0.1, 0.15) is 22.9 Å². The maximum Gasteiger partial charge on any atom is 0.341 e. The number of carbonyl (C=O) groups is 1. The molecule has 0 aromatic heterocycles. The average molecular weight is 289 g/mol. The van der Waals surface area contributed by atoms with Gasteiger partial charge in [0.25, 0.3) is 0 Å². The molecule has 2 aromatic carbocycles. The first-order chi connectivity index (χ1) is 9.81. The van der Waals surface area contributed by atoms with Crippen LogP contribution < -0.4 is 10.5 Å². The van der Waals surface area contributed by atoms with Gasteiger partial charge in [-0.2, -0.15) is 0 Å². The van der Waals surface area contributed by atoms with Gasteiger partial charge in [0.2, 0.25) is 0 Å². The molecule has 0 unspecified atom stereocenters. The first kappa shape index (κ1) is 14.8. The van der Waals surface area contributed by atoms with E-state index in [4.69, 9.17) is 10.5 Å². The van der Waals surface area contributed by atoms with Crippen LogP contribution in [0, 0.1) is 26.6 Å². The highest BCUT2D eigenvalue weighted by molar-refractivity contribution is 5.97. The fraction of sp³-hybridized carbons (Fsp3) is 0.188. The van der Waals surface area contributed by atoms with Gasteiger partial charge in [0, 0.05) is 0 Å². The number of anilines is 1. The monoisotopic (exact) mass is 289 g/mol. The van der Waals surface area contributed by atoms with Crippen molar-refractivity contribution in [3.63, 3.8) is 0 Å². The lowest BCUT2D eigenvalue weighted by Gasteiger charge is -2.15. The number of hydrogen-bond acceptors (Lipinski definition) is 3. The Morgan fingerprint density at radius 3 is 2.48 bits per heavy atom. The second kappa shape index (κ2) is 5.44. The van der Waals surface area contributed by atoms with Crippen LogP contribution in [0.15, 0.2) is 24.3 Å². The molecular formula is C16H16FNO3. The predicted molar refractivity (Wildman–Crippen MR) is 78.5 cm³/mol. The molecule has 0 heterocycles. The summed E-state index contributed by atoms with van der Waals surface area (Å²) in [6.45, 7) is 5.72. The first-order valence-corrected chi connectivity index (χ1v) is 6.38. The minimum absolute atomic E-state index is 0.0227. The maximum absolute atomic E-state index is 13.4. The molecule has 0 aliphatic carbocycles. The van der Waals surface area contributed by atoms with Gasteiger partial charge in [-0.15, -0.1) is 0 Å². The molecule has 0 radical (unpaired) electrons. The number of carboxylic acid groups (broad SMARTS) is 1. The van der Waals surface area contributed by atoms with Crippen molar-refractivity contribution in [2.24, 2.45) is 0 Å². The van der Waals surface area contributed by atoms with E-state index in [1.807, 2.05) is 26.8 Å². The molecule has 0 bridgehead atoms. The molecular weight excluding hydrogens is 273 g/mol. The minimum atomic E-state index is -1.33. The average Bonchev–Trinajstić information content (AvgIpc) is 2.39. The van der Waals surface area contributed by atoms with Crippen molar-refractivity contribution >= 4 is 11.7 Å². The second-order valence-electron chi connectivity index (χ2n) is 4.95. The summed E-state index contributed by atoms with van der Waals surface area (Å²) in [6, 6.07) is 6.16. The SMILES string of the molecule is Cc1cc(C)c(C)c(Oc2ccc(F)c(N)c2C(=O)O)c1. The molecule has 0 aliphatic heterocycles. The molecule has 2 rings (SSSR count). The van der Waals surface area contributed by atoms with Crippen LogP contribution in [0.1, 0.15) is 27.0 Å². The first-order valence-electron chi connectivity index (χ1n) is 6.38. The lowest BCUT2D eigenvalue weighted by atomic mass is 10.1. The zero-order valence-corrected chi connectivity index (χ0v) is 12.0. The molecule has 0 saturated carbocycles. The van der Waals surface area contributed by atoms with Crippen LogP contribution in [0.5, 0.6) is 11.5 Å². The van der Waals surface area contributed by atoms with Crippen LogP contribution in [-0.2, 0) is 0 Å². The van der Waals surface area contributed by atoms with Crippen molar-refractivity contribution in [3.8, 4) is 11.5 Å². The third kappa shape index (κ3) is 2.81. The molecule has 4 nitrogen and oxygen atoms in total. The van der Waals surface area contributed by atoms with Gasteiger partial charge in [-0.05, 0) is 55.7 Å². The van der Waals surface area contributed by atoms with Crippen molar-refractivity contribution in [1.82, 2.24) is 0 Å². The topological polar surface area (TPSA) is 72.5 Å². The van der Waals surface area contributed by atoms with E-state index in [2.05, 4.69) is 0 Å². The molecule has 0 spiro atoms. The van der Waals surface area contributed by atoms with Crippen molar-refractivity contribution in [2.75, 3.05) is 5.73 Å². The van der Waals surface area contributed by atoms with Crippen molar-refractivity contribution in [3.05, 3.63) is 52.3 Å². The van der Waals surface area contributed by atoms with E-state index in [0.717, 1.165) is 22.8 Å². The van der Waals surface area contributed by atoms with Crippen molar-refractivity contribution in [1.29, 1.82) is 0 Å². The predicted octanol–water partition coefficient (Wildman–Crippen LogP) is 3.82. The number of aromatic carboxylic acids is 1.